The molecule has 1 aliphatic carbocycles. The number of aryl methyl sites for hydroxylation is 1. The molecule has 0 N–H and O–H groups in total. The number of rotatable bonds is 2. The third kappa shape index (κ3) is 1.88. The van der Waals surface area contributed by atoms with Gasteiger partial charge in [0.1, 0.15) is 6.29 Å². The first-order valence-corrected chi connectivity index (χ1v) is 6.44. The number of allylic oxidation sites excluding steroid dienone is 1. The van der Waals surface area contributed by atoms with Crippen LogP contribution in [0.1, 0.15) is 23.4 Å². The molecule has 19 heavy (non-hydrogen) atoms. The fourth-order valence-electron chi connectivity index (χ4n) is 2.39. The van der Waals surface area contributed by atoms with E-state index in [-0.39, 0.29) is 0 Å². The summed E-state index contributed by atoms with van der Waals surface area (Å²) in [5.74, 6) is 0.769. The molecule has 2 heterocycles. The van der Waals surface area contributed by atoms with Gasteiger partial charge in [-0.05, 0) is 31.9 Å². The van der Waals surface area contributed by atoms with Gasteiger partial charge in [-0.15, -0.1) is 0 Å². The van der Waals surface area contributed by atoms with E-state index in [4.69, 9.17) is 11.6 Å². The van der Waals surface area contributed by atoms with Crippen LogP contribution in [0.3, 0.4) is 0 Å². The lowest BCUT2D eigenvalue weighted by atomic mass is 9.96. The summed E-state index contributed by atoms with van der Waals surface area (Å²) in [5.41, 5.74) is 3.37. The van der Waals surface area contributed by atoms with Crippen molar-refractivity contribution in [3.05, 3.63) is 46.9 Å². The minimum Gasteiger partial charge on any atom is -0.298 e. The highest BCUT2D eigenvalue weighted by molar-refractivity contribution is 6.51. The van der Waals surface area contributed by atoms with Crippen molar-refractivity contribution in [1.82, 2.24) is 14.8 Å². The zero-order chi connectivity index (χ0) is 13.4. The smallest absolute Gasteiger partial charge is 0.153 e. The Morgan fingerprint density at radius 2 is 2.21 bits per heavy atom. The minimum absolute atomic E-state index is 0.524. The lowest BCUT2D eigenvalue weighted by Gasteiger charge is -2.15. The molecule has 0 saturated heterocycles. The first-order valence-electron chi connectivity index (χ1n) is 6.06. The van der Waals surface area contributed by atoms with Gasteiger partial charge in [0.25, 0.3) is 0 Å². The van der Waals surface area contributed by atoms with E-state index in [1.807, 2.05) is 29.8 Å². The maximum atomic E-state index is 11.0. The van der Waals surface area contributed by atoms with Crippen LogP contribution in [0, 0.1) is 6.92 Å². The molecule has 0 radical (unpaired) electrons. The monoisotopic (exact) mass is 273 g/mol. The number of carbonyl (C=O) groups excluding carboxylic acids is 1. The third-order valence-corrected chi connectivity index (χ3v) is 3.73. The zero-order valence-corrected chi connectivity index (χ0v) is 11.2. The maximum Gasteiger partial charge on any atom is 0.153 e. The molecule has 0 aliphatic heterocycles. The lowest BCUT2D eigenvalue weighted by molar-refractivity contribution is -0.105. The van der Waals surface area contributed by atoms with Gasteiger partial charge in [0.2, 0.25) is 0 Å². The molecule has 0 unspecified atom stereocenters. The van der Waals surface area contributed by atoms with E-state index in [9.17, 15) is 4.79 Å². The normalized spacial score (nSPS) is 14.4. The Morgan fingerprint density at radius 3 is 2.89 bits per heavy atom. The number of aromatic nitrogens is 3. The number of hydrogen-bond acceptors (Lipinski definition) is 3. The first kappa shape index (κ1) is 12.1. The average Bonchev–Trinajstić information content (AvgIpc) is 2.78. The highest BCUT2D eigenvalue weighted by atomic mass is 35.5. The SMILES string of the molecule is Cc1nn(-c2ccccn2)c2c1C(Cl)=C(C=O)CC2. The number of pyridine rings is 1. The molecule has 0 bridgehead atoms. The molecule has 0 amide bonds. The molecule has 0 atom stereocenters. The number of aldehydes is 1. The maximum absolute atomic E-state index is 11.0. The zero-order valence-electron chi connectivity index (χ0n) is 10.4. The molecule has 3 rings (SSSR count). The molecular weight excluding hydrogens is 262 g/mol. The van der Waals surface area contributed by atoms with Gasteiger partial charge in [0, 0.05) is 17.3 Å². The summed E-state index contributed by atoms with van der Waals surface area (Å²) < 4.78 is 1.81. The van der Waals surface area contributed by atoms with E-state index in [2.05, 4.69) is 10.1 Å². The number of hydrogen-bond donors (Lipinski definition) is 0. The predicted molar refractivity (Wildman–Crippen MR) is 73.3 cm³/mol. The van der Waals surface area contributed by atoms with Crippen LogP contribution >= 0.6 is 11.6 Å². The van der Waals surface area contributed by atoms with Gasteiger partial charge in [-0.2, -0.15) is 5.10 Å². The Labute approximate surface area is 115 Å². The summed E-state index contributed by atoms with van der Waals surface area (Å²) in [6.07, 6.45) is 3.96. The summed E-state index contributed by atoms with van der Waals surface area (Å²) in [4.78, 5) is 15.3. The van der Waals surface area contributed by atoms with E-state index in [1.54, 1.807) is 6.20 Å². The predicted octanol–water partition coefficient (Wildman–Crippen LogP) is 2.67. The number of nitrogens with zero attached hydrogens (tertiary/aromatic N) is 3. The van der Waals surface area contributed by atoms with Crippen LogP contribution in [0.25, 0.3) is 10.9 Å². The molecule has 0 saturated carbocycles. The van der Waals surface area contributed by atoms with Crippen LogP contribution in [0.15, 0.2) is 30.0 Å². The van der Waals surface area contributed by atoms with Crippen LogP contribution in [0.2, 0.25) is 0 Å². The van der Waals surface area contributed by atoms with Crippen LogP contribution in [-0.2, 0) is 11.2 Å². The van der Waals surface area contributed by atoms with Gasteiger partial charge in [0.15, 0.2) is 5.82 Å². The molecule has 4 nitrogen and oxygen atoms in total. The Bertz CT molecular complexity index is 673. The van der Waals surface area contributed by atoms with Gasteiger partial charge in [-0.3, -0.25) is 4.79 Å². The van der Waals surface area contributed by atoms with Crippen molar-refractivity contribution >= 4 is 22.9 Å². The van der Waals surface area contributed by atoms with E-state index in [1.165, 1.54) is 0 Å². The van der Waals surface area contributed by atoms with E-state index in [0.29, 0.717) is 17.0 Å². The fourth-order valence-corrected chi connectivity index (χ4v) is 2.78. The van der Waals surface area contributed by atoms with E-state index in [0.717, 1.165) is 35.5 Å². The van der Waals surface area contributed by atoms with Gasteiger partial charge < -0.3 is 0 Å². The Kier molecular flexibility index (Phi) is 2.95. The molecule has 96 valence electrons. The van der Waals surface area contributed by atoms with E-state index >= 15 is 0 Å². The van der Waals surface area contributed by atoms with Crippen molar-refractivity contribution in [2.24, 2.45) is 0 Å². The van der Waals surface area contributed by atoms with Gasteiger partial charge in [-0.25, -0.2) is 9.67 Å². The molecular formula is C14H12ClN3O. The van der Waals surface area contributed by atoms with Crippen molar-refractivity contribution in [1.29, 1.82) is 0 Å². The number of fused-ring (bicyclic) bond motifs is 1. The van der Waals surface area contributed by atoms with Crippen molar-refractivity contribution < 1.29 is 4.79 Å². The minimum atomic E-state index is 0.524. The van der Waals surface area contributed by atoms with Gasteiger partial charge in [0.05, 0.1) is 16.4 Å². The van der Waals surface area contributed by atoms with Crippen LogP contribution in [-0.4, -0.2) is 21.1 Å². The van der Waals surface area contributed by atoms with Gasteiger partial charge >= 0.3 is 0 Å². The van der Waals surface area contributed by atoms with Crippen LogP contribution < -0.4 is 0 Å². The van der Waals surface area contributed by atoms with E-state index < -0.39 is 0 Å². The molecule has 1 aliphatic rings. The fraction of sp³-hybridized carbons (Fsp3) is 0.214. The second kappa shape index (κ2) is 4.63. The molecule has 5 heteroatoms. The third-order valence-electron chi connectivity index (χ3n) is 3.30. The lowest BCUT2D eigenvalue weighted by Crippen LogP contribution is -2.09. The van der Waals surface area contributed by atoms with Crippen LogP contribution in [0.4, 0.5) is 0 Å². The molecule has 0 fully saturated rings. The first-order chi connectivity index (χ1) is 9.22. The molecule has 2 aromatic rings. The summed E-state index contributed by atoms with van der Waals surface area (Å²) >= 11 is 6.29. The number of carbonyl (C=O) groups is 1. The van der Waals surface area contributed by atoms with Crippen molar-refractivity contribution in [3.8, 4) is 5.82 Å². The Balaban J connectivity index is 2.21. The van der Waals surface area contributed by atoms with Crippen molar-refractivity contribution in [2.75, 3.05) is 0 Å². The summed E-state index contributed by atoms with van der Waals surface area (Å²) in [7, 11) is 0. The highest BCUT2D eigenvalue weighted by Crippen LogP contribution is 2.36. The molecule has 0 spiro atoms. The standard InChI is InChI=1S/C14H12ClN3O/c1-9-13-11(6-5-10(8-19)14(13)15)18(17-9)12-4-2-3-7-16-12/h2-4,7-8H,5-6H2,1H3. The quantitative estimate of drug-likeness (QED) is 0.791. The summed E-state index contributed by atoms with van der Waals surface area (Å²) in [6, 6.07) is 5.69. The number of halogens is 1. The van der Waals surface area contributed by atoms with Gasteiger partial charge in [-0.1, -0.05) is 17.7 Å². The highest BCUT2D eigenvalue weighted by Gasteiger charge is 2.25. The summed E-state index contributed by atoms with van der Waals surface area (Å²) in [6.45, 7) is 1.90. The Morgan fingerprint density at radius 1 is 1.37 bits per heavy atom. The average molecular weight is 274 g/mol. The molecule has 2 aromatic heterocycles. The second-order valence-electron chi connectivity index (χ2n) is 4.46. The topological polar surface area (TPSA) is 47.8 Å². The largest absolute Gasteiger partial charge is 0.298 e. The second-order valence-corrected chi connectivity index (χ2v) is 4.84. The van der Waals surface area contributed by atoms with Crippen molar-refractivity contribution in [2.45, 2.75) is 19.8 Å². The molecule has 0 aromatic carbocycles. The van der Waals surface area contributed by atoms with Crippen molar-refractivity contribution in [3.63, 3.8) is 0 Å². The Hall–Kier alpha value is -1.94. The van der Waals surface area contributed by atoms with Crippen LogP contribution in [0.5, 0.6) is 0 Å². The summed E-state index contributed by atoms with van der Waals surface area (Å²) in [5, 5.41) is 5.03.